The van der Waals surface area contributed by atoms with E-state index in [0.717, 1.165) is 22.6 Å². The lowest BCUT2D eigenvalue weighted by Gasteiger charge is -2.36. The monoisotopic (exact) mass is 535 g/mol. The van der Waals surface area contributed by atoms with E-state index >= 15 is 0 Å². The van der Waals surface area contributed by atoms with Crippen molar-refractivity contribution in [2.45, 2.75) is 71.7 Å². The fourth-order valence-corrected chi connectivity index (χ4v) is 6.79. The highest BCUT2D eigenvalue weighted by molar-refractivity contribution is 6.80. The molecule has 3 aromatic rings. The molecule has 0 bridgehead atoms. The summed E-state index contributed by atoms with van der Waals surface area (Å²) < 4.78 is 25.8. The molecule has 199 valence electrons. The minimum atomic E-state index is -2.01. The number of ether oxygens (including phenoxy) is 2. The van der Waals surface area contributed by atoms with Crippen LogP contribution in [-0.4, -0.2) is 31.6 Å². The third kappa shape index (κ3) is 6.67. The van der Waals surface area contributed by atoms with Crippen LogP contribution >= 0.6 is 0 Å². The fourth-order valence-electron chi connectivity index (χ4n) is 3.88. The molecular weight excluding hydrogens is 493 g/mol. The van der Waals surface area contributed by atoms with Gasteiger partial charge < -0.3 is 18.3 Å². The Morgan fingerprint density at radius 3 is 1.65 bits per heavy atom. The summed E-state index contributed by atoms with van der Waals surface area (Å²) >= 11 is 0. The lowest BCUT2D eigenvalue weighted by molar-refractivity contribution is 0.260. The Kier molecular flexibility index (Phi) is 8.99. The van der Waals surface area contributed by atoms with Crippen molar-refractivity contribution in [1.82, 2.24) is 0 Å². The Bertz CT molecular complexity index is 1120. The van der Waals surface area contributed by atoms with Crippen molar-refractivity contribution in [1.29, 1.82) is 0 Å². The van der Waals surface area contributed by atoms with Gasteiger partial charge in [-0.15, -0.1) is 0 Å². The molecule has 0 saturated carbocycles. The van der Waals surface area contributed by atoms with E-state index in [-0.39, 0.29) is 10.5 Å². The maximum atomic E-state index is 7.08. The van der Waals surface area contributed by atoms with Crippen LogP contribution in [-0.2, 0) is 16.4 Å². The summed E-state index contributed by atoms with van der Waals surface area (Å²) in [5.41, 5.74) is 1.74. The van der Waals surface area contributed by atoms with Gasteiger partial charge in [-0.2, -0.15) is 0 Å². The zero-order chi connectivity index (χ0) is 27.4. The van der Waals surface area contributed by atoms with E-state index in [1.54, 1.807) is 14.2 Å². The van der Waals surface area contributed by atoms with E-state index in [4.69, 9.17) is 18.3 Å². The van der Waals surface area contributed by atoms with Crippen LogP contribution in [0.3, 0.4) is 0 Å². The third-order valence-corrected chi connectivity index (χ3v) is 13.8. The second-order valence-corrected chi connectivity index (χ2v) is 18.8. The second kappa shape index (κ2) is 11.5. The first-order valence-electron chi connectivity index (χ1n) is 12.9. The summed E-state index contributed by atoms with van der Waals surface area (Å²) in [6.45, 7) is 18.3. The van der Waals surface area contributed by atoms with Crippen LogP contribution in [0, 0.1) is 0 Å². The van der Waals surface area contributed by atoms with E-state index < -0.39 is 17.4 Å². The SMILES string of the molecule is COc1cc(C(C)(C)C)c(O[Si](c2ccccc2)c2ccccc2)c(OC)c1CO[Si](C)(C)C(C)(C)C. The number of benzene rings is 3. The van der Waals surface area contributed by atoms with Crippen molar-refractivity contribution in [2.75, 3.05) is 14.2 Å². The van der Waals surface area contributed by atoms with Crippen molar-refractivity contribution in [3.8, 4) is 17.2 Å². The normalized spacial score (nSPS) is 12.5. The Balaban J connectivity index is 2.21. The standard InChI is InChI=1S/C31H43O4Si2/c1-30(2,3)26-21-27(32-7)25(22-34-37(9,10)31(4,5)6)28(33-8)29(26)35-36(23-17-13-11-14-18-23)24-19-15-12-16-20-24/h11-21H,22H2,1-10H3. The van der Waals surface area contributed by atoms with E-state index in [2.05, 4.69) is 109 Å². The molecule has 0 atom stereocenters. The molecule has 1 radical (unpaired) electrons. The van der Waals surface area contributed by atoms with Gasteiger partial charge in [0.25, 0.3) is 0 Å². The van der Waals surface area contributed by atoms with E-state index in [9.17, 15) is 0 Å². The molecule has 4 nitrogen and oxygen atoms in total. The minimum Gasteiger partial charge on any atom is -0.530 e. The van der Waals surface area contributed by atoms with Crippen molar-refractivity contribution in [2.24, 2.45) is 0 Å². The average Bonchev–Trinajstić information content (AvgIpc) is 2.85. The average molecular weight is 536 g/mol. The largest absolute Gasteiger partial charge is 0.530 e. The second-order valence-electron chi connectivity index (χ2n) is 11.9. The maximum absolute atomic E-state index is 7.08. The summed E-state index contributed by atoms with van der Waals surface area (Å²) in [5, 5.41) is 2.44. The van der Waals surface area contributed by atoms with Crippen LogP contribution in [0.25, 0.3) is 0 Å². The van der Waals surface area contributed by atoms with Crippen molar-refractivity contribution < 1.29 is 18.3 Å². The fraction of sp³-hybridized carbons (Fsp3) is 0.419. The van der Waals surface area contributed by atoms with Crippen LogP contribution in [0.15, 0.2) is 66.7 Å². The third-order valence-electron chi connectivity index (χ3n) is 7.19. The molecule has 0 unspecified atom stereocenters. The van der Waals surface area contributed by atoms with Gasteiger partial charge in [-0.3, -0.25) is 0 Å². The minimum absolute atomic E-state index is 0.0922. The molecule has 0 amide bonds. The summed E-state index contributed by atoms with van der Waals surface area (Å²) in [4.78, 5) is 0. The molecule has 0 spiro atoms. The topological polar surface area (TPSA) is 36.9 Å². The first-order chi connectivity index (χ1) is 17.3. The molecule has 0 aliphatic rings. The zero-order valence-corrected chi connectivity index (χ0v) is 26.2. The van der Waals surface area contributed by atoms with Crippen LogP contribution in [0.4, 0.5) is 0 Å². The quantitative estimate of drug-likeness (QED) is 0.286. The highest BCUT2D eigenvalue weighted by Gasteiger charge is 2.38. The Hall–Kier alpha value is -2.55. The number of hydrogen-bond donors (Lipinski definition) is 0. The molecule has 0 aromatic heterocycles. The van der Waals surface area contributed by atoms with Gasteiger partial charge in [-0.25, -0.2) is 0 Å². The van der Waals surface area contributed by atoms with Crippen LogP contribution in [0.1, 0.15) is 52.7 Å². The van der Waals surface area contributed by atoms with E-state index in [1.807, 2.05) is 12.1 Å². The summed E-state index contributed by atoms with van der Waals surface area (Å²) in [7, 11) is -0.211. The lowest BCUT2D eigenvalue weighted by Crippen LogP contribution is -2.48. The van der Waals surface area contributed by atoms with Crippen molar-refractivity contribution >= 4 is 27.7 Å². The summed E-state index contributed by atoms with van der Waals surface area (Å²) in [6.07, 6.45) is 0. The van der Waals surface area contributed by atoms with Gasteiger partial charge >= 0.3 is 9.04 Å². The molecule has 0 fully saturated rings. The van der Waals surface area contributed by atoms with E-state index in [0.29, 0.717) is 12.4 Å². The first-order valence-corrected chi connectivity index (χ1v) is 17.2. The lowest BCUT2D eigenvalue weighted by atomic mass is 9.85. The molecular formula is C31H43O4Si2. The molecule has 0 N–H and O–H groups in total. The smallest absolute Gasteiger partial charge is 0.352 e. The molecule has 0 aliphatic carbocycles. The number of hydrogen-bond acceptors (Lipinski definition) is 4. The van der Waals surface area contributed by atoms with Gasteiger partial charge in [0.1, 0.15) is 5.75 Å². The summed E-state index contributed by atoms with van der Waals surface area (Å²) in [5.74, 6) is 2.23. The van der Waals surface area contributed by atoms with Crippen LogP contribution < -0.4 is 24.3 Å². The predicted molar refractivity (Wildman–Crippen MR) is 159 cm³/mol. The van der Waals surface area contributed by atoms with Crippen LogP contribution in [0.5, 0.6) is 17.2 Å². The Morgan fingerprint density at radius 1 is 0.730 bits per heavy atom. The highest BCUT2D eigenvalue weighted by atomic mass is 28.4. The molecule has 0 aliphatic heterocycles. The predicted octanol–water partition coefficient (Wildman–Crippen LogP) is 6.71. The van der Waals surface area contributed by atoms with Gasteiger partial charge in [0.05, 0.1) is 26.4 Å². The highest BCUT2D eigenvalue weighted by Crippen LogP contribution is 2.47. The first kappa shape index (κ1) is 29.0. The summed E-state index contributed by atoms with van der Waals surface area (Å²) in [6, 6.07) is 23.1. The van der Waals surface area contributed by atoms with Gasteiger partial charge in [-0.1, -0.05) is 102 Å². The van der Waals surface area contributed by atoms with E-state index in [1.165, 1.54) is 10.4 Å². The zero-order valence-electron chi connectivity index (χ0n) is 24.2. The van der Waals surface area contributed by atoms with Gasteiger partial charge in [-0.05, 0) is 40.0 Å². The molecule has 3 aromatic carbocycles. The van der Waals surface area contributed by atoms with Gasteiger partial charge in [0.2, 0.25) is 0 Å². The molecule has 37 heavy (non-hydrogen) atoms. The number of rotatable bonds is 9. The Labute approximate surface area is 226 Å². The molecule has 0 heterocycles. The van der Waals surface area contributed by atoms with Crippen LogP contribution in [0.2, 0.25) is 18.1 Å². The van der Waals surface area contributed by atoms with Crippen molar-refractivity contribution in [3.63, 3.8) is 0 Å². The van der Waals surface area contributed by atoms with Gasteiger partial charge in [0, 0.05) is 5.56 Å². The van der Waals surface area contributed by atoms with Gasteiger partial charge in [0.15, 0.2) is 19.8 Å². The maximum Gasteiger partial charge on any atom is 0.352 e. The Morgan fingerprint density at radius 2 is 1.24 bits per heavy atom. The molecule has 6 heteroatoms. The molecule has 3 rings (SSSR count). The molecule has 0 saturated heterocycles. The van der Waals surface area contributed by atoms with Crippen molar-refractivity contribution in [3.05, 3.63) is 77.9 Å². The number of methoxy groups -OCH3 is 2.